The number of carbonyl (C=O) groups excluding carboxylic acids is 2. The minimum Gasteiger partial charge on any atom is -0.378 e. The molecule has 2 aromatic rings. The lowest BCUT2D eigenvalue weighted by Crippen LogP contribution is -2.42. The normalized spacial score (nSPS) is 18.6. The van der Waals surface area contributed by atoms with Crippen LogP contribution in [0.15, 0.2) is 42.5 Å². The van der Waals surface area contributed by atoms with Gasteiger partial charge in [-0.3, -0.25) is 9.59 Å². The molecule has 152 valence electrons. The summed E-state index contributed by atoms with van der Waals surface area (Å²) < 4.78 is 18.3. The molecule has 8 heteroatoms. The summed E-state index contributed by atoms with van der Waals surface area (Å²) in [4.78, 5) is 26.9. The fraction of sp³-hybridized carbons (Fsp3) is 0.333. The fourth-order valence-corrected chi connectivity index (χ4v) is 4.34. The average molecular weight is 415 g/mol. The van der Waals surface area contributed by atoms with Gasteiger partial charge in [0, 0.05) is 30.2 Å². The summed E-state index contributed by atoms with van der Waals surface area (Å²) in [6.45, 7) is 2.25. The van der Waals surface area contributed by atoms with Crippen LogP contribution in [-0.2, 0) is 15.3 Å². The van der Waals surface area contributed by atoms with Crippen LogP contribution in [0, 0.1) is 5.82 Å². The van der Waals surface area contributed by atoms with Gasteiger partial charge in [0.2, 0.25) is 5.91 Å². The van der Waals surface area contributed by atoms with Crippen LogP contribution in [-0.4, -0.2) is 54.8 Å². The number of morpholine rings is 1. The molecule has 0 spiro atoms. The molecule has 1 unspecified atom stereocenters. The molecule has 0 aromatic heterocycles. The highest BCUT2D eigenvalue weighted by Crippen LogP contribution is 2.29. The summed E-state index contributed by atoms with van der Waals surface area (Å²) >= 11 is 1.61. The molecule has 4 rings (SSSR count). The third-order valence-corrected chi connectivity index (χ3v) is 6.04. The van der Waals surface area contributed by atoms with Gasteiger partial charge in [0.05, 0.1) is 24.6 Å². The van der Waals surface area contributed by atoms with Gasteiger partial charge in [0.15, 0.2) is 0 Å². The van der Waals surface area contributed by atoms with Crippen molar-refractivity contribution in [1.82, 2.24) is 4.90 Å². The van der Waals surface area contributed by atoms with E-state index < -0.39 is 0 Å². The number of amides is 2. The molecule has 6 nitrogen and oxygen atoms in total. The van der Waals surface area contributed by atoms with Crippen molar-refractivity contribution in [2.45, 2.75) is 11.8 Å². The van der Waals surface area contributed by atoms with Crippen LogP contribution in [0.5, 0.6) is 0 Å². The van der Waals surface area contributed by atoms with E-state index in [1.165, 1.54) is 12.1 Å². The van der Waals surface area contributed by atoms with Gasteiger partial charge < -0.3 is 20.3 Å². The number of hydrogen-bond acceptors (Lipinski definition) is 5. The van der Waals surface area contributed by atoms with Crippen LogP contribution < -0.4 is 10.6 Å². The first-order valence-electron chi connectivity index (χ1n) is 9.51. The molecule has 29 heavy (non-hydrogen) atoms. The lowest BCUT2D eigenvalue weighted by molar-refractivity contribution is -0.116. The van der Waals surface area contributed by atoms with Crippen molar-refractivity contribution in [2.24, 2.45) is 0 Å². The monoisotopic (exact) mass is 415 g/mol. The van der Waals surface area contributed by atoms with Gasteiger partial charge in [-0.1, -0.05) is 12.1 Å². The number of thioether (sulfide) groups is 1. The van der Waals surface area contributed by atoms with E-state index in [0.717, 1.165) is 11.3 Å². The Kier molecular flexibility index (Phi) is 6.01. The predicted molar refractivity (Wildman–Crippen MR) is 112 cm³/mol. The van der Waals surface area contributed by atoms with Gasteiger partial charge in [-0.25, -0.2) is 4.39 Å². The lowest BCUT2D eigenvalue weighted by Gasteiger charge is -2.29. The maximum absolute atomic E-state index is 13.0. The van der Waals surface area contributed by atoms with Gasteiger partial charge in [0.25, 0.3) is 5.91 Å². The molecular weight excluding hydrogens is 393 g/mol. The second-order valence-electron chi connectivity index (χ2n) is 6.99. The summed E-state index contributed by atoms with van der Waals surface area (Å²) in [6, 6.07) is 11.3. The van der Waals surface area contributed by atoms with Crippen LogP contribution in [0.2, 0.25) is 0 Å². The number of fused-ring (bicyclic) bond motifs is 1. The zero-order valence-electron chi connectivity index (χ0n) is 15.8. The Morgan fingerprint density at radius 2 is 1.90 bits per heavy atom. The van der Waals surface area contributed by atoms with Crippen molar-refractivity contribution in [3.63, 3.8) is 0 Å². The van der Waals surface area contributed by atoms with E-state index >= 15 is 0 Å². The second kappa shape index (κ2) is 8.84. The number of anilines is 2. The molecule has 2 aliphatic heterocycles. The number of rotatable bonds is 5. The highest BCUT2D eigenvalue weighted by Gasteiger charge is 2.27. The van der Waals surface area contributed by atoms with E-state index in [0.29, 0.717) is 49.1 Å². The van der Waals surface area contributed by atoms with Gasteiger partial charge in [-0.2, -0.15) is 11.8 Å². The standard InChI is InChI=1S/C21H22FN3O3S/c22-16-4-1-14(2-5-16)12-29-13-19-20(26)24-18-11-15(3-6-17(18)23-19)21(27)25-7-9-28-10-8-25/h1-6,11,19,23H,7-10,12-13H2,(H,24,26). The number of hydrogen-bond donors (Lipinski definition) is 2. The topological polar surface area (TPSA) is 70.7 Å². The van der Waals surface area contributed by atoms with E-state index in [4.69, 9.17) is 4.74 Å². The highest BCUT2D eigenvalue weighted by molar-refractivity contribution is 7.98. The molecule has 1 saturated heterocycles. The lowest BCUT2D eigenvalue weighted by atomic mass is 10.1. The summed E-state index contributed by atoms with van der Waals surface area (Å²) in [6.07, 6.45) is 0. The Morgan fingerprint density at radius 1 is 1.14 bits per heavy atom. The third-order valence-electron chi connectivity index (χ3n) is 4.94. The molecular formula is C21H22FN3O3S. The Balaban J connectivity index is 1.36. The van der Waals surface area contributed by atoms with Crippen molar-refractivity contribution >= 4 is 35.0 Å². The highest BCUT2D eigenvalue weighted by atomic mass is 32.2. The Bertz CT molecular complexity index is 901. The van der Waals surface area contributed by atoms with Gasteiger partial charge >= 0.3 is 0 Å². The molecule has 2 amide bonds. The first kappa shape index (κ1) is 19.7. The number of carbonyl (C=O) groups is 2. The first-order valence-corrected chi connectivity index (χ1v) is 10.7. The van der Waals surface area contributed by atoms with Crippen molar-refractivity contribution < 1.29 is 18.7 Å². The van der Waals surface area contributed by atoms with Gasteiger partial charge in [0.1, 0.15) is 11.9 Å². The predicted octanol–water partition coefficient (Wildman–Crippen LogP) is 2.96. The molecule has 2 heterocycles. The van der Waals surface area contributed by atoms with E-state index in [-0.39, 0.29) is 23.7 Å². The molecule has 1 fully saturated rings. The summed E-state index contributed by atoms with van der Waals surface area (Å²) in [5, 5.41) is 6.15. The average Bonchev–Trinajstić information content (AvgIpc) is 2.75. The Labute approximate surface area is 172 Å². The van der Waals surface area contributed by atoms with E-state index in [2.05, 4.69) is 10.6 Å². The van der Waals surface area contributed by atoms with E-state index in [1.807, 2.05) is 6.07 Å². The zero-order valence-corrected chi connectivity index (χ0v) is 16.6. The van der Waals surface area contributed by atoms with Gasteiger partial charge in [-0.15, -0.1) is 0 Å². The molecule has 0 radical (unpaired) electrons. The van der Waals surface area contributed by atoms with Crippen LogP contribution >= 0.6 is 11.8 Å². The smallest absolute Gasteiger partial charge is 0.254 e. The van der Waals surface area contributed by atoms with Crippen molar-refractivity contribution in [3.05, 3.63) is 59.4 Å². The minimum absolute atomic E-state index is 0.0534. The van der Waals surface area contributed by atoms with Crippen molar-refractivity contribution in [1.29, 1.82) is 0 Å². The number of ether oxygens (including phenoxy) is 1. The Hall–Kier alpha value is -2.58. The maximum Gasteiger partial charge on any atom is 0.254 e. The number of halogens is 1. The third kappa shape index (κ3) is 4.71. The van der Waals surface area contributed by atoms with Crippen molar-refractivity contribution in [3.8, 4) is 0 Å². The molecule has 0 saturated carbocycles. The second-order valence-corrected chi connectivity index (χ2v) is 8.02. The molecule has 1 atom stereocenters. The summed E-state index contributed by atoms with van der Waals surface area (Å²) in [5.41, 5.74) is 2.99. The molecule has 2 N–H and O–H groups in total. The fourth-order valence-electron chi connectivity index (χ4n) is 3.32. The van der Waals surface area contributed by atoms with Crippen LogP contribution in [0.25, 0.3) is 0 Å². The summed E-state index contributed by atoms with van der Waals surface area (Å²) in [5.74, 6) is 0.848. The first-order chi connectivity index (χ1) is 14.1. The van der Waals surface area contributed by atoms with Crippen LogP contribution in [0.4, 0.5) is 15.8 Å². The number of nitrogens with zero attached hydrogens (tertiary/aromatic N) is 1. The van der Waals surface area contributed by atoms with Crippen LogP contribution in [0.3, 0.4) is 0 Å². The molecule has 0 aliphatic carbocycles. The SMILES string of the molecule is O=C1Nc2cc(C(=O)N3CCOCC3)ccc2NC1CSCc1ccc(F)cc1. The van der Waals surface area contributed by atoms with Gasteiger partial charge in [-0.05, 0) is 35.9 Å². The van der Waals surface area contributed by atoms with Crippen molar-refractivity contribution in [2.75, 3.05) is 42.7 Å². The zero-order chi connectivity index (χ0) is 20.2. The molecule has 0 bridgehead atoms. The van der Waals surface area contributed by atoms with Crippen LogP contribution in [0.1, 0.15) is 15.9 Å². The molecule has 2 aromatic carbocycles. The summed E-state index contributed by atoms with van der Waals surface area (Å²) in [7, 11) is 0. The van der Waals surface area contributed by atoms with E-state index in [9.17, 15) is 14.0 Å². The van der Waals surface area contributed by atoms with E-state index in [1.54, 1.807) is 40.9 Å². The quantitative estimate of drug-likeness (QED) is 0.786. The maximum atomic E-state index is 13.0. The minimum atomic E-state index is -0.367. The molecule has 2 aliphatic rings. The largest absolute Gasteiger partial charge is 0.378 e. The number of benzene rings is 2. The Morgan fingerprint density at radius 3 is 2.66 bits per heavy atom. The number of nitrogens with one attached hydrogen (secondary N) is 2.